The number of epoxide rings is 1. The van der Waals surface area contributed by atoms with Crippen molar-refractivity contribution in [2.45, 2.75) is 89.8 Å². The van der Waals surface area contributed by atoms with Crippen molar-refractivity contribution in [1.29, 1.82) is 0 Å². The summed E-state index contributed by atoms with van der Waals surface area (Å²) >= 11 is 0. The first kappa shape index (κ1) is 21.0. The first-order chi connectivity index (χ1) is 11.7. The fourth-order valence-corrected chi connectivity index (χ4v) is 3.16. The Hall–Kier alpha value is -1.09. The maximum absolute atomic E-state index is 12.3. The Labute approximate surface area is 149 Å². The van der Waals surface area contributed by atoms with E-state index in [0.29, 0.717) is 13.1 Å². The number of ether oxygens (including phenoxy) is 1. The van der Waals surface area contributed by atoms with Gasteiger partial charge in [-0.2, -0.15) is 0 Å². The van der Waals surface area contributed by atoms with E-state index in [-0.39, 0.29) is 18.1 Å². The minimum absolute atomic E-state index is 0.0897. The summed E-state index contributed by atoms with van der Waals surface area (Å²) in [4.78, 5) is 14.0. The SMILES string of the molecule is C=CCN(CC=C)C(=O)[C@@H]1O[C@H]1CCCCCCCCCCCC. The van der Waals surface area contributed by atoms with Crippen LogP contribution in [0, 0.1) is 0 Å². The van der Waals surface area contributed by atoms with Crippen LogP contribution in [-0.2, 0) is 9.53 Å². The van der Waals surface area contributed by atoms with Crippen LogP contribution in [0.5, 0.6) is 0 Å². The Morgan fingerprint density at radius 1 is 0.917 bits per heavy atom. The molecule has 0 aromatic carbocycles. The molecule has 1 aliphatic heterocycles. The van der Waals surface area contributed by atoms with Crippen molar-refractivity contribution in [3.8, 4) is 0 Å². The molecule has 0 aliphatic carbocycles. The van der Waals surface area contributed by atoms with E-state index in [1.165, 1.54) is 64.2 Å². The molecule has 1 saturated heterocycles. The quantitative estimate of drug-likeness (QED) is 0.219. The van der Waals surface area contributed by atoms with Gasteiger partial charge in [0.15, 0.2) is 6.10 Å². The molecule has 0 radical (unpaired) electrons. The van der Waals surface area contributed by atoms with Crippen LogP contribution in [0.4, 0.5) is 0 Å². The molecular formula is C21H37NO2. The van der Waals surface area contributed by atoms with E-state index in [1.807, 2.05) is 0 Å². The zero-order chi connectivity index (χ0) is 17.6. The fourth-order valence-electron chi connectivity index (χ4n) is 3.16. The van der Waals surface area contributed by atoms with Gasteiger partial charge in [0, 0.05) is 13.1 Å². The molecule has 1 amide bonds. The second kappa shape index (κ2) is 13.2. The summed E-state index contributed by atoms with van der Waals surface area (Å²) in [5.74, 6) is 0.0897. The molecule has 1 fully saturated rings. The van der Waals surface area contributed by atoms with Gasteiger partial charge in [0.05, 0.1) is 6.10 Å². The van der Waals surface area contributed by atoms with Crippen molar-refractivity contribution in [2.24, 2.45) is 0 Å². The van der Waals surface area contributed by atoms with Crippen LogP contribution in [0.25, 0.3) is 0 Å². The molecule has 1 heterocycles. The first-order valence-electron chi connectivity index (χ1n) is 9.90. The van der Waals surface area contributed by atoms with E-state index < -0.39 is 0 Å². The van der Waals surface area contributed by atoms with Crippen molar-refractivity contribution in [3.05, 3.63) is 25.3 Å². The van der Waals surface area contributed by atoms with Gasteiger partial charge < -0.3 is 9.64 Å². The van der Waals surface area contributed by atoms with Gasteiger partial charge in [-0.1, -0.05) is 83.3 Å². The van der Waals surface area contributed by atoms with Crippen molar-refractivity contribution in [2.75, 3.05) is 13.1 Å². The second-order valence-corrected chi connectivity index (χ2v) is 6.89. The number of hydrogen-bond acceptors (Lipinski definition) is 2. The number of amides is 1. The normalized spacial score (nSPS) is 19.0. The van der Waals surface area contributed by atoms with Gasteiger partial charge in [-0.25, -0.2) is 0 Å². The lowest BCUT2D eigenvalue weighted by atomic mass is 10.0. The molecule has 24 heavy (non-hydrogen) atoms. The van der Waals surface area contributed by atoms with Gasteiger partial charge in [0.25, 0.3) is 5.91 Å². The topological polar surface area (TPSA) is 32.8 Å². The highest BCUT2D eigenvalue weighted by Crippen LogP contribution is 2.29. The minimum atomic E-state index is -0.219. The fraction of sp³-hybridized carbons (Fsp3) is 0.762. The largest absolute Gasteiger partial charge is 0.359 e. The highest BCUT2D eigenvalue weighted by Gasteiger charge is 2.45. The molecule has 1 aliphatic rings. The predicted molar refractivity (Wildman–Crippen MR) is 102 cm³/mol. The third-order valence-corrected chi connectivity index (χ3v) is 4.68. The average molecular weight is 336 g/mol. The molecular weight excluding hydrogens is 298 g/mol. The number of nitrogens with zero attached hydrogens (tertiary/aromatic N) is 1. The Kier molecular flexibility index (Phi) is 11.5. The Bertz CT molecular complexity index is 357. The number of unbranched alkanes of at least 4 members (excludes halogenated alkanes) is 9. The van der Waals surface area contributed by atoms with Crippen LogP contribution in [0.2, 0.25) is 0 Å². The molecule has 0 N–H and O–H groups in total. The summed E-state index contributed by atoms with van der Waals surface area (Å²) in [5, 5.41) is 0. The molecule has 0 saturated carbocycles. The second-order valence-electron chi connectivity index (χ2n) is 6.89. The predicted octanol–water partition coefficient (Wildman–Crippen LogP) is 5.27. The van der Waals surface area contributed by atoms with E-state index in [1.54, 1.807) is 17.1 Å². The molecule has 0 unspecified atom stereocenters. The van der Waals surface area contributed by atoms with Gasteiger partial charge in [0.1, 0.15) is 0 Å². The van der Waals surface area contributed by atoms with Crippen molar-refractivity contribution >= 4 is 5.91 Å². The Morgan fingerprint density at radius 2 is 1.42 bits per heavy atom. The molecule has 3 heteroatoms. The van der Waals surface area contributed by atoms with E-state index in [0.717, 1.165) is 6.42 Å². The van der Waals surface area contributed by atoms with Crippen LogP contribution in [0.3, 0.4) is 0 Å². The summed E-state index contributed by atoms with van der Waals surface area (Å²) in [6, 6.07) is 0. The highest BCUT2D eigenvalue weighted by molar-refractivity contribution is 5.84. The third kappa shape index (κ3) is 8.68. The van der Waals surface area contributed by atoms with Gasteiger partial charge in [-0.05, 0) is 6.42 Å². The van der Waals surface area contributed by atoms with Crippen molar-refractivity contribution in [1.82, 2.24) is 4.90 Å². The van der Waals surface area contributed by atoms with E-state index in [4.69, 9.17) is 4.74 Å². The van der Waals surface area contributed by atoms with Gasteiger partial charge in [-0.3, -0.25) is 4.79 Å². The van der Waals surface area contributed by atoms with Crippen LogP contribution in [0.15, 0.2) is 25.3 Å². The lowest BCUT2D eigenvalue weighted by Gasteiger charge is -2.17. The molecule has 0 bridgehead atoms. The summed E-state index contributed by atoms with van der Waals surface area (Å²) in [7, 11) is 0. The lowest BCUT2D eigenvalue weighted by Crippen LogP contribution is -2.35. The summed E-state index contributed by atoms with van der Waals surface area (Å²) in [6.45, 7) is 10.8. The molecule has 1 rings (SSSR count). The van der Waals surface area contributed by atoms with E-state index >= 15 is 0 Å². The molecule has 0 aromatic heterocycles. The minimum Gasteiger partial charge on any atom is -0.359 e. The third-order valence-electron chi connectivity index (χ3n) is 4.68. The van der Waals surface area contributed by atoms with Crippen LogP contribution < -0.4 is 0 Å². The Balaban J connectivity index is 1.99. The number of carbonyl (C=O) groups excluding carboxylic acids is 1. The summed E-state index contributed by atoms with van der Waals surface area (Å²) in [5.41, 5.74) is 0. The molecule has 3 nitrogen and oxygen atoms in total. The maximum Gasteiger partial charge on any atom is 0.254 e. The molecule has 138 valence electrons. The number of carbonyl (C=O) groups is 1. The number of rotatable bonds is 16. The monoisotopic (exact) mass is 335 g/mol. The summed E-state index contributed by atoms with van der Waals surface area (Å²) in [6.07, 6.45) is 17.8. The van der Waals surface area contributed by atoms with E-state index in [9.17, 15) is 4.79 Å². The average Bonchev–Trinajstić information content (AvgIpc) is 3.35. The summed E-state index contributed by atoms with van der Waals surface area (Å²) < 4.78 is 5.58. The standard InChI is InChI=1S/C21H37NO2/c1-4-7-8-9-10-11-12-13-14-15-16-19-20(24-19)21(23)22(17-5-2)18-6-3/h5-6,19-20H,2-4,7-18H2,1H3/t19-,20+/m0/s1. The first-order valence-corrected chi connectivity index (χ1v) is 9.90. The van der Waals surface area contributed by atoms with Gasteiger partial charge >= 0.3 is 0 Å². The zero-order valence-electron chi connectivity index (χ0n) is 15.7. The van der Waals surface area contributed by atoms with Gasteiger partial charge in [-0.15, -0.1) is 13.2 Å². The Morgan fingerprint density at radius 3 is 1.92 bits per heavy atom. The number of hydrogen-bond donors (Lipinski definition) is 0. The van der Waals surface area contributed by atoms with Crippen LogP contribution >= 0.6 is 0 Å². The molecule has 0 spiro atoms. The van der Waals surface area contributed by atoms with Crippen molar-refractivity contribution < 1.29 is 9.53 Å². The van der Waals surface area contributed by atoms with Crippen LogP contribution in [0.1, 0.15) is 77.6 Å². The van der Waals surface area contributed by atoms with E-state index in [2.05, 4.69) is 20.1 Å². The smallest absolute Gasteiger partial charge is 0.254 e. The zero-order valence-corrected chi connectivity index (χ0v) is 15.7. The lowest BCUT2D eigenvalue weighted by molar-refractivity contribution is -0.131. The van der Waals surface area contributed by atoms with Crippen molar-refractivity contribution in [3.63, 3.8) is 0 Å². The van der Waals surface area contributed by atoms with Crippen LogP contribution in [-0.4, -0.2) is 36.1 Å². The highest BCUT2D eigenvalue weighted by atomic mass is 16.6. The molecule has 0 aromatic rings. The maximum atomic E-state index is 12.3. The van der Waals surface area contributed by atoms with Gasteiger partial charge in [0.2, 0.25) is 0 Å². The molecule has 2 atom stereocenters.